The van der Waals surface area contributed by atoms with Gasteiger partial charge in [-0.1, -0.05) is 234 Å². The predicted octanol–water partition coefficient (Wildman–Crippen LogP) is 19.3. The minimum atomic E-state index is -0.815. The Morgan fingerprint density at radius 2 is 0.556 bits per heavy atom. The lowest BCUT2D eigenvalue weighted by atomic mass is 10.1. The summed E-state index contributed by atoms with van der Waals surface area (Å²) in [6.07, 6.45) is 96.7. The lowest BCUT2D eigenvalue weighted by Gasteiger charge is -2.15. The molecule has 0 spiro atoms. The zero-order valence-corrected chi connectivity index (χ0v) is 45.3. The van der Waals surface area contributed by atoms with E-state index in [4.69, 9.17) is 9.47 Å². The minimum absolute atomic E-state index is 0.105. The molecule has 0 bridgehead atoms. The highest BCUT2D eigenvalue weighted by atomic mass is 16.6. The van der Waals surface area contributed by atoms with Crippen molar-refractivity contribution in [3.63, 3.8) is 0 Å². The molecule has 0 aromatic heterocycles. The number of carbonyl (C=O) groups excluding carboxylic acids is 2. The lowest BCUT2D eigenvalue weighted by molar-refractivity contribution is -0.161. The van der Waals surface area contributed by atoms with Crippen molar-refractivity contribution in [3.05, 3.63) is 194 Å². The van der Waals surface area contributed by atoms with E-state index < -0.39 is 6.10 Å². The van der Waals surface area contributed by atoms with Gasteiger partial charge in [0, 0.05) is 12.8 Å². The topological polar surface area (TPSA) is 72.8 Å². The summed E-state index contributed by atoms with van der Waals surface area (Å²) in [6, 6.07) is 0. The molecule has 72 heavy (non-hydrogen) atoms. The number of hydrogen-bond acceptors (Lipinski definition) is 5. The molecule has 5 nitrogen and oxygen atoms in total. The number of esters is 2. The molecular formula is C67H100O5. The zero-order valence-electron chi connectivity index (χ0n) is 45.3. The van der Waals surface area contributed by atoms with E-state index in [2.05, 4.69) is 208 Å². The van der Waals surface area contributed by atoms with Gasteiger partial charge in [0.2, 0.25) is 0 Å². The van der Waals surface area contributed by atoms with Gasteiger partial charge in [-0.15, -0.1) is 0 Å². The number of unbranched alkanes of at least 4 members (excludes halogenated alkanes) is 8. The average Bonchev–Trinajstić information content (AvgIpc) is 3.38. The second-order valence-corrected chi connectivity index (χ2v) is 17.5. The molecule has 0 aliphatic carbocycles. The van der Waals surface area contributed by atoms with Crippen LogP contribution < -0.4 is 0 Å². The van der Waals surface area contributed by atoms with E-state index in [0.717, 1.165) is 167 Å². The molecule has 0 saturated heterocycles. The Bertz CT molecular complexity index is 1730. The molecule has 0 heterocycles. The fraction of sp³-hybridized carbons (Fsp3) is 0.493. The van der Waals surface area contributed by atoms with E-state index in [1.165, 1.54) is 0 Å². The Hall–Kier alpha value is -5.26. The summed E-state index contributed by atoms with van der Waals surface area (Å²) in [4.78, 5) is 24.5. The number of aliphatic hydroxyl groups excluding tert-OH is 1. The van der Waals surface area contributed by atoms with Crippen LogP contribution in [0.2, 0.25) is 0 Å². The molecule has 0 aromatic rings. The van der Waals surface area contributed by atoms with Crippen LogP contribution in [0, 0.1) is 0 Å². The van der Waals surface area contributed by atoms with E-state index in [1.807, 2.05) is 0 Å². The van der Waals surface area contributed by atoms with Crippen molar-refractivity contribution in [2.45, 2.75) is 200 Å². The molecule has 5 heteroatoms. The van der Waals surface area contributed by atoms with Crippen LogP contribution in [0.25, 0.3) is 0 Å². The Kier molecular flexibility index (Phi) is 55.7. The lowest BCUT2D eigenvalue weighted by Crippen LogP contribution is -2.28. The first-order valence-electron chi connectivity index (χ1n) is 28.0. The third-order valence-corrected chi connectivity index (χ3v) is 10.9. The van der Waals surface area contributed by atoms with Crippen LogP contribution in [0.5, 0.6) is 0 Å². The van der Waals surface area contributed by atoms with Gasteiger partial charge >= 0.3 is 11.9 Å². The Morgan fingerprint density at radius 1 is 0.319 bits per heavy atom. The first kappa shape index (κ1) is 66.7. The van der Waals surface area contributed by atoms with Gasteiger partial charge in [-0.3, -0.25) is 9.59 Å². The normalized spacial score (nSPS) is 13.8. The molecule has 1 N–H and O–H groups in total. The van der Waals surface area contributed by atoms with Crippen molar-refractivity contribution in [1.29, 1.82) is 0 Å². The van der Waals surface area contributed by atoms with Crippen LogP contribution >= 0.6 is 0 Å². The Morgan fingerprint density at radius 3 is 0.819 bits per heavy atom. The van der Waals surface area contributed by atoms with Crippen molar-refractivity contribution in [3.8, 4) is 0 Å². The standard InChI is InChI=1S/C67H100O5/c1-3-5-7-9-11-13-15-17-19-21-23-25-27-28-29-30-31-32-33-34-35-36-37-38-40-42-44-46-48-50-52-54-56-58-60-62-67(70)72-65(63-68)64-71-66(69)61-59-57-55-53-51-49-47-45-43-41-39-26-24-22-20-18-16-14-12-10-8-6-4-2/h5-8,11-14,17-20,23-26,28-29,31-32,34-35,37-38,41-44,47-50,65,68H,3-4,9-10,15-16,21-22,27,30,33,36,39-40,45-46,51-64H2,1-2H3/b7-5-,8-6-,13-11-,14-12-,19-17-,20-18-,25-23-,26-24-,29-28-,32-31-,35-34-,38-37-,43-41-,44-42-,49-47-,50-48-. The molecule has 0 fully saturated rings. The maximum absolute atomic E-state index is 12.3. The van der Waals surface area contributed by atoms with E-state index in [0.29, 0.717) is 12.8 Å². The fourth-order valence-electron chi connectivity index (χ4n) is 6.76. The molecule has 0 aliphatic heterocycles. The summed E-state index contributed by atoms with van der Waals surface area (Å²) >= 11 is 0. The second kappa shape index (κ2) is 60.0. The van der Waals surface area contributed by atoms with Crippen LogP contribution in [0.15, 0.2) is 194 Å². The van der Waals surface area contributed by atoms with E-state index >= 15 is 0 Å². The van der Waals surface area contributed by atoms with Crippen molar-refractivity contribution in [1.82, 2.24) is 0 Å². The molecule has 0 radical (unpaired) electrons. The van der Waals surface area contributed by atoms with Crippen LogP contribution in [0.4, 0.5) is 0 Å². The molecule has 1 atom stereocenters. The molecule has 0 aromatic carbocycles. The largest absolute Gasteiger partial charge is 0.462 e. The average molecular weight is 986 g/mol. The van der Waals surface area contributed by atoms with Gasteiger partial charge in [0.05, 0.1) is 6.61 Å². The molecule has 0 rings (SSSR count). The molecule has 1 unspecified atom stereocenters. The van der Waals surface area contributed by atoms with Gasteiger partial charge in [-0.05, 0) is 141 Å². The number of hydrogen-bond donors (Lipinski definition) is 1. The van der Waals surface area contributed by atoms with Crippen LogP contribution in [-0.4, -0.2) is 36.4 Å². The Labute approximate surface area is 441 Å². The van der Waals surface area contributed by atoms with Gasteiger partial charge in [-0.2, -0.15) is 0 Å². The second-order valence-electron chi connectivity index (χ2n) is 17.5. The maximum Gasteiger partial charge on any atom is 0.306 e. The third-order valence-electron chi connectivity index (χ3n) is 10.9. The summed E-state index contributed by atoms with van der Waals surface area (Å²) in [6.45, 7) is 3.85. The van der Waals surface area contributed by atoms with E-state index in [-0.39, 0.29) is 25.2 Å². The smallest absolute Gasteiger partial charge is 0.306 e. The van der Waals surface area contributed by atoms with Crippen molar-refractivity contribution >= 4 is 11.9 Å². The minimum Gasteiger partial charge on any atom is -0.462 e. The summed E-state index contributed by atoms with van der Waals surface area (Å²) in [5, 5.41) is 9.65. The van der Waals surface area contributed by atoms with Crippen molar-refractivity contribution < 1.29 is 24.2 Å². The highest BCUT2D eigenvalue weighted by molar-refractivity contribution is 5.70. The number of aliphatic hydroxyl groups is 1. The maximum atomic E-state index is 12.3. The van der Waals surface area contributed by atoms with Gasteiger partial charge in [-0.25, -0.2) is 0 Å². The van der Waals surface area contributed by atoms with Crippen molar-refractivity contribution in [2.24, 2.45) is 0 Å². The van der Waals surface area contributed by atoms with Crippen LogP contribution in [0.1, 0.15) is 194 Å². The highest BCUT2D eigenvalue weighted by Crippen LogP contribution is 2.11. The van der Waals surface area contributed by atoms with Gasteiger partial charge in [0.1, 0.15) is 6.61 Å². The first-order valence-corrected chi connectivity index (χ1v) is 28.0. The summed E-state index contributed by atoms with van der Waals surface area (Å²) in [7, 11) is 0. The summed E-state index contributed by atoms with van der Waals surface area (Å²) in [5.41, 5.74) is 0. The number of allylic oxidation sites excluding steroid dienone is 32. The molecular weight excluding hydrogens is 885 g/mol. The quantitative estimate of drug-likeness (QED) is 0.0374. The predicted molar refractivity (Wildman–Crippen MR) is 315 cm³/mol. The van der Waals surface area contributed by atoms with E-state index in [1.54, 1.807) is 0 Å². The number of rotatable bonds is 48. The monoisotopic (exact) mass is 985 g/mol. The number of ether oxygens (including phenoxy) is 2. The Balaban J connectivity index is 3.72. The van der Waals surface area contributed by atoms with Gasteiger partial charge in [0.25, 0.3) is 0 Å². The molecule has 0 amide bonds. The summed E-state index contributed by atoms with van der Waals surface area (Å²) in [5.74, 6) is -0.668. The fourth-order valence-corrected chi connectivity index (χ4v) is 6.76. The summed E-state index contributed by atoms with van der Waals surface area (Å²) < 4.78 is 10.7. The highest BCUT2D eigenvalue weighted by Gasteiger charge is 2.16. The van der Waals surface area contributed by atoms with Gasteiger partial charge in [0.15, 0.2) is 6.10 Å². The molecule has 0 aliphatic rings. The van der Waals surface area contributed by atoms with E-state index in [9.17, 15) is 14.7 Å². The SMILES string of the molecule is CC/C=C\C/C=C\C/C=C\C/C=C\C/C=C\C/C=C\C/C=C\C/C=C\C/C=C\C/C=C\CCCCCCC(=O)OC(CO)COC(=O)CCCCCC/C=C\C/C=C\C/C=C\C/C=C\C/C=C\C/C=C\CC. The zero-order chi connectivity index (χ0) is 52.0. The molecule has 0 saturated carbocycles. The molecule has 398 valence electrons. The van der Waals surface area contributed by atoms with Crippen LogP contribution in [-0.2, 0) is 19.1 Å². The first-order chi connectivity index (χ1) is 35.6. The van der Waals surface area contributed by atoms with Crippen molar-refractivity contribution in [2.75, 3.05) is 13.2 Å². The number of carbonyl (C=O) groups is 2. The van der Waals surface area contributed by atoms with Crippen LogP contribution in [0.3, 0.4) is 0 Å². The van der Waals surface area contributed by atoms with Gasteiger partial charge < -0.3 is 14.6 Å². The third kappa shape index (κ3) is 57.3.